The molecule has 4 heteroatoms. The summed E-state index contributed by atoms with van der Waals surface area (Å²) < 4.78 is 15.8. The summed E-state index contributed by atoms with van der Waals surface area (Å²) in [6.07, 6.45) is 0. The molecule has 0 saturated heterocycles. The van der Waals surface area contributed by atoms with E-state index in [2.05, 4.69) is 0 Å². The van der Waals surface area contributed by atoms with Gasteiger partial charge in [0, 0.05) is 11.6 Å². The molecule has 1 atom stereocenters. The summed E-state index contributed by atoms with van der Waals surface area (Å²) in [4.78, 5) is 0. The molecule has 0 aliphatic carbocycles. The molecule has 1 aliphatic rings. The van der Waals surface area contributed by atoms with Crippen molar-refractivity contribution in [2.75, 3.05) is 13.9 Å². The van der Waals surface area contributed by atoms with E-state index in [0.717, 1.165) is 5.56 Å². The van der Waals surface area contributed by atoms with Gasteiger partial charge in [0.2, 0.25) is 12.5 Å². The molecular weight excluding hydrogens is 182 g/mol. The molecule has 0 saturated carbocycles. The van der Waals surface area contributed by atoms with Crippen LogP contribution < -0.4 is 19.9 Å². The van der Waals surface area contributed by atoms with Gasteiger partial charge < -0.3 is 19.9 Å². The standard InChI is InChI=1S/C10H13NO3/c1-6(11)7-3-4-8(12-2)10-9(7)13-5-14-10/h3-4,6H,5,11H2,1-2H3/t6-/m0/s1. The number of rotatable bonds is 2. The van der Waals surface area contributed by atoms with E-state index in [1.54, 1.807) is 7.11 Å². The van der Waals surface area contributed by atoms with Gasteiger partial charge >= 0.3 is 0 Å². The number of ether oxygens (including phenoxy) is 3. The Bertz CT molecular complexity index is 349. The third-order valence-electron chi connectivity index (χ3n) is 2.22. The van der Waals surface area contributed by atoms with Gasteiger partial charge in [-0.15, -0.1) is 0 Å². The minimum absolute atomic E-state index is 0.0728. The molecule has 76 valence electrons. The quantitative estimate of drug-likeness (QED) is 0.775. The van der Waals surface area contributed by atoms with E-state index in [-0.39, 0.29) is 12.8 Å². The lowest BCUT2D eigenvalue weighted by Gasteiger charge is -2.11. The first-order valence-corrected chi connectivity index (χ1v) is 4.46. The zero-order chi connectivity index (χ0) is 10.1. The zero-order valence-corrected chi connectivity index (χ0v) is 8.24. The normalized spacial score (nSPS) is 15.4. The molecule has 4 nitrogen and oxygen atoms in total. The highest BCUT2D eigenvalue weighted by Gasteiger charge is 2.23. The van der Waals surface area contributed by atoms with E-state index in [1.807, 2.05) is 19.1 Å². The van der Waals surface area contributed by atoms with Gasteiger partial charge in [-0.05, 0) is 19.1 Å². The van der Waals surface area contributed by atoms with Crippen LogP contribution in [0.4, 0.5) is 0 Å². The lowest BCUT2D eigenvalue weighted by Crippen LogP contribution is -2.06. The lowest BCUT2D eigenvalue weighted by atomic mass is 10.1. The second-order valence-corrected chi connectivity index (χ2v) is 3.21. The summed E-state index contributed by atoms with van der Waals surface area (Å²) in [5.74, 6) is 2.04. The molecule has 1 aromatic rings. The van der Waals surface area contributed by atoms with Crippen molar-refractivity contribution in [2.24, 2.45) is 5.73 Å². The summed E-state index contributed by atoms with van der Waals surface area (Å²) in [6.45, 7) is 2.14. The molecule has 2 rings (SSSR count). The van der Waals surface area contributed by atoms with Gasteiger partial charge in [0.1, 0.15) is 0 Å². The zero-order valence-electron chi connectivity index (χ0n) is 8.24. The molecular formula is C10H13NO3. The fourth-order valence-electron chi connectivity index (χ4n) is 1.51. The Morgan fingerprint density at radius 3 is 2.71 bits per heavy atom. The van der Waals surface area contributed by atoms with Crippen LogP contribution in [-0.2, 0) is 0 Å². The van der Waals surface area contributed by atoms with Gasteiger partial charge in [-0.25, -0.2) is 0 Å². The molecule has 14 heavy (non-hydrogen) atoms. The predicted molar refractivity (Wildman–Crippen MR) is 51.7 cm³/mol. The molecule has 1 aliphatic heterocycles. The molecule has 1 aromatic carbocycles. The molecule has 1 heterocycles. The van der Waals surface area contributed by atoms with Crippen LogP contribution in [0.25, 0.3) is 0 Å². The van der Waals surface area contributed by atoms with Crippen molar-refractivity contribution in [3.05, 3.63) is 17.7 Å². The van der Waals surface area contributed by atoms with Crippen molar-refractivity contribution in [1.29, 1.82) is 0 Å². The SMILES string of the molecule is COc1ccc([C@H](C)N)c2c1OCO2. The minimum Gasteiger partial charge on any atom is -0.493 e. The molecule has 0 spiro atoms. The van der Waals surface area contributed by atoms with Crippen LogP contribution in [0.2, 0.25) is 0 Å². The summed E-state index contributed by atoms with van der Waals surface area (Å²) >= 11 is 0. The largest absolute Gasteiger partial charge is 0.493 e. The first kappa shape index (κ1) is 9.15. The van der Waals surface area contributed by atoms with Crippen molar-refractivity contribution in [1.82, 2.24) is 0 Å². The van der Waals surface area contributed by atoms with Crippen molar-refractivity contribution in [2.45, 2.75) is 13.0 Å². The highest BCUT2D eigenvalue weighted by atomic mass is 16.7. The number of benzene rings is 1. The van der Waals surface area contributed by atoms with Crippen molar-refractivity contribution >= 4 is 0 Å². The Morgan fingerprint density at radius 2 is 2.07 bits per heavy atom. The number of nitrogens with two attached hydrogens (primary N) is 1. The Balaban J connectivity index is 2.53. The van der Waals surface area contributed by atoms with Crippen LogP contribution >= 0.6 is 0 Å². The number of methoxy groups -OCH3 is 1. The van der Waals surface area contributed by atoms with Crippen LogP contribution in [0, 0.1) is 0 Å². The predicted octanol–water partition coefficient (Wildman–Crippen LogP) is 1.44. The first-order valence-electron chi connectivity index (χ1n) is 4.46. The Hall–Kier alpha value is -1.42. The van der Waals surface area contributed by atoms with Gasteiger partial charge in [0.05, 0.1) is 7.11 Å². The molecule has 0 aromatic heterocycles. The summed E-state index contributed by atoms with van der Waals surface area (Å²) in [5.41, 5.74) is 6.74. The summed E-state index contributed by atoms with van der Waals surface area (Å²) in [7, 11) is 1.60. The highest BCUT2D eigenvalue weighted by Crippen LogP contribution is 2.44. The number of hydrogen-bond acceptors (Lipinski definition) is 4. The third kappa shape index (κ3) is 1.28. The van der Waals surface area contributed by atoms with Crippen LogP contribution in [0.1, 0.15) is 18.5 Å². The molecule has 0 bridgehead atoms. The Labute approximate surface area is 82.6 Å². The van der Waals surface area contributed by atoms with Gasteiger partial charge in [0.25, 0.3) is 0 Å². The maximum atomic E-state index is 5.80. The highest BCUT2D eigenvalue weighted by molar-refractivity contribution is 5.57. The Kier molecular flexibility index (Phi) is 2.21. The molecule has 0 amide bonds. The van der Waals surface area contributed by atoms with Crippen LogP contribution in [-0.4, -0.2) is 13.9 Å². The van der Waals surface area contributed by atoms with Crippen LogP contribution in [0.5, 0.6) is 17.2 Å². The average Bonchev–Trinajstić information content (AvgIpc) is 2.64. The smallest absolute Gasteiger partial charge is 0.231 e. The maximum Gasteiger partial charge on any atom is 0.231 e. The van der Waals surface area contributed by atoms with E-state index in [0.29, 0.717) is 17.2 Å². The number of fused-ring (bicyclic) bond motifs is 1. The van der Waals surface area contributed by atoms with Crippen molar-refractivity contribution in [3.63, 3.8) is 0 Å². The maximum absolute atomic E-state index is 5.80. The molecule has 2 N–H and O–H groups in total. The van der Waals surface area contributed by atoms with E-state index >= 15 is 0 Å². The van der Waals surface area contributed by atoms with Crippen LogP contribution in [0.3, 0.4) is 0 Å². The van der Waals surface area contributed by atoms with Crippen molar-refractivity contribution in [3.8, 4) is 17.2 Å². The van der Waals surface area contributed by atoms with E-state index < -0.39 is 0 Å². The fourth-order valence-corrected chi connectivity index (χ4v) is 1.51. The van der Waals surface area contributed by atoms with Gasteiger partial charge in [-0.1, -0.05) is 0 Å². The second kappa shape index (κ2) is 3.38. The average molecular weight is 195 g/mol. The fraction of sp³-hybridized carbons (Fsp3) is 0.400. The number of hydrogen-bond donors (Lipinski definition) is 1. The summed E-state index contributed by atoms with van der Waals surface area (Å²) in [6, 6.07) is 3.67. The molecule has 0 radical (unpaired) electrons. The monoisotopic (exact) mass is 195 g/mol. The van der Waals surface area contributed by atoms with Crippen LogP contribution in [0.15, 0.2) is 12.1 Å². The molecule has 0 unspecified atom stereocenters. The topological polar surface area (TPSA) is 53.7 Å². The second-order valence-electron chi connectivity index (χ2n) is 3.21. The minimum atomic E-state index is -0.0728. The lowest BCUT2D eigenvalue weighted by molar-refractivity contribution is 0.170. The van der Waals surface area contributed by atoms with Gasteiger partial charge in [-0.2, -0.15) is 0 Å². The summed E-state index contributed by atoms with van der Waals surface area (Å²) in [5, 5.41) is 0. The Morgan fingerprint density at radius 1 is 1.36 bits per heavy atom. The van der Waals surface area contributed by atoms with Gasteiger partial charge in [-0.3, -0.25) is 0 Å². The third-order valence-corrected chi connectivity index (χ3v) is 2.22. The first-order chi connectivity index (χ1) is 6.74. The van der Waals surface area contributed by atoms with E-state index in [4.69, 9.17) is 19.9 Å². The van der Waals surface area contributed by atoms with Crippen molar-refractivity contribution < 1.29 is 14.2 Å². The van der Waals surface area contributed by atoms with E-state index in [9.17, 15) is 0 Å². The molecule has 0 fully saturated rings. The van der Waals surface area contributed by atoms with E-state index in [1.165, 1.54) is 0 Å². The van der Waals surface area contributed by atoms with Gasteiger partial charge in [0.15, 0.2) is 11.5 Å².